The maximum absolute atomic E-state index is 9.94. The van der Waals surface area contributed by atoms with Gasteiger partial charge in [-0.2, -0.15) is 21.0 Å². The molecule has 152 valence electrons. The van der Waals surface area contributed by atoms with Gasteiger partial charge < -0.3 is 0 Å². The zero-order valence-electron chi connectivity index (χ0n) is 17.5. The molecule has 0 fully saturated rings. The molecule has 0 amide bonds. The van der Waals surface area contributed by atoms with Gasteiger partial charge >= 0.3 is 0 Å². The summed E-state index contributed by atoms with van der Waals surface area (Å²) in [6.45, 7) is 0. The van der Waals surface area contributed by atoms with Crippen LogP contribution in [-0.2, 0) is 0 Å². The third kappa shape index (κ3) is 2.34. The largest absolute Gasteiger partial charge is 0.252 e. The highest BCUT2D eigenvalue weighted by Gasteiger charge is 2.22. The van der Waals surface area contributed by atoms with Crippen molar-refractivity contribution in [3.05, 3.63) is 83.2 Å². The Morgan fingerprint density at radius 2 is 1.06 bits per heavy atom. The van der Waals surface area contributed by atoms with Crippen LogP contribution in [0, 0.1) is 45.3 Å². The molecule has 5 aromatic carbocycles. The molecule has 0 atom stereocenters. The third-order valence-electron chi connectivity index (χ3n) is 6.30. The van der Waals surface area contributed by atoms with Crippen molar-refractivity contribution < 1.29 is 0 Å². The lowest BCUT2D eigenvalue weighted by Crippen LogP contribution is -1.98. The highest BCUT2D eigenvalue weighted by atomic mass is 14.8. The van der Waals surface area contributed by atoms with E-state index in [9.17, 15) is 21.0 Å². The van der Waals surface area contributed by atoms with Gasteiger partial charge in [0.25, 0.3) is 0 Å². The number of rotatable bonds is 0. The molecule has 0 spiro atoms. The maximum Gasteiger partial charge on any atom is 0.102 e. The van der Waals surface area contributed by atoms with E-state index >= 15 is 0 Å². The molecule has 0 aliphatic heterocycles. The average Bonchev–Trinajstić information content (AvgIpc) is 2.90. The van der Waals surface area contributed by atoms with E-state index in [4.69, 9.17) is 0 Å². The molecule has 0 bridgehead atoms. The minimum absolute atomic E-state index is 0.0741. The quantitative estimate of drug-likeness (QED) is 0.224. The van der Waals surface area contributed by atoms with E-state index in [0.29, 0.717) is 16.3 Å². The van der Waals surface area contributed by atoms with Crippen LogP contribution < -0.4 is 0 Å². The molecule has 0 aliphatic rings. The predicted octanol–water partition coefficient (Wildman–Crippen LogP) is 5.73. The van der Waals surface area contributed by atoms with Gasteiger partial charge in [-0.3, -0.25) is 9.97 Å². The van der Waals surface area contributed by atoms with Crippen LogP contribution in [0.2, 0.25) is 0 Å². The molecule has 34 heavy (non-hydrogen) atoms. The predicted molar refractivity (Wildman–Crippen MR) is 128 cm³/mol. The summed E-state index contributed by atoms with van der Waals surface area (Å²) in [6.07, 6.45) is 3.26. The Labute approximate surface area is 192 Å². The number of fused-ring (bicyclic) bond motifs is 9. The molecular weight excluding hydrogens is 420 g/mol. The molecule has 1 aromatic heterocycles. The summed E-state index contributed by atoms with van der Waals surface area (Å²) in [4.78, 5) is 9.20. The van der Waals surface area contributed by atoms with Crippen LogP contribution >= 0.6 is 0 Å². The highest BCUT2D eigenvalue weighted by molar-refractivity contribution is 6.31. The minimum atomic E-state index is -0.0879. The lowest BCUT2D eigenvalue weighted by Gasteiger charge is -2.14. The zero-order chi connectivity index (χ0) is 23.4. The van der Waals surface area contributed by atoms with Crippen LogP contribution in [-0.4, -0.2) is 9.97 Å². The van der Waals surface area contributed by atoms with Gasteiger partial charge in [0.1, 0.15) is 24.3 Å². The molecule has 1 heterocycles. The molecule has 0 saturated heterocycles. The van der Waals surface area contributed by atoms with Crippen molar-refractivity contribution >= 4 is 54.1 Å². The monoisotopic (exact) mass is 430 g/mol. The fraction of sp³-hybridized carbons (Fsp3) is 0. The van der Waals surface area contributed by atoms with Crippen LogP contribution in [0.15, 0.2) is 60.9 Å². The SMILES string of the molecule is N#Cc1c(C#N)c(C#N)c2cc3c(cc2c1C#N)c1nccnc1c1ccc2ccccc2c31. The van der Waals surface area contributed by atoms with Crippen molar-refractivity contribution in [2.75, 3.05) is 0 Å². The summed E-state index contributed by atoms with van der Waals surface area (Å²) < 4.78 is 0. The molecule has 6 heteroatoms. The molecule has 0 N–H and O–H groups in total. The Hall–Kier alpha value is -5.56. The summed E-state index contributed by atoms with van der Waals surface area (Å²) in [5, 5.41) is 45.7. The standard InChI is InChI=1S/C28H10N6/c29-11-22-18-9-20-21(10-19(18)23(12-30)25(14-32)24(22)13-31)28-27(33-7-8-34-28)17-6-5-15-3-1-2-4-16(15)26(17)20/h1-10H. The first kappa shape index (κ1) is 19.1. The van der Waals surface area contributed by atoms with Crippen LogP contribution in [0.4, 0.5) is 0 Å². The first-order valence-electron chi connectivity index (χ1n) is 10.3. The Balaban J connectivity index is 2.02. The van der Waals surface area contributed by atoms with Gasteiger partial charge in [-0.25, -0.2) is 0 Å². The van der Waals surface area contributed by atoms with E-state index in [0.717, 1.165) is 37.8 Å². The second-order valence-electron chi connectivity index (χ2n) is 7.85. The number of nitriles is 4. The average molecular weight is 430 g/mol. The van der Waals surface area contributed by atoms with Gasteiger partial charge in [-0.1, -0.05) is 36.4 Å². The van der Waals surface area contributed by atoms with E-state index in [-0.39, 0.29) is 22.3 Å². The topological polar surface area (TPSA) is 121 Å². The molecular formula is C28H10N6. The summed E-state index contributed by atoms with van der Waals surface area (Å²) in [6, 6.07) is 23.8. The smallest absolute Gasteiger partial charge is 0.102 e. The molecule has 0 saturated carbocycles. The summed E-state index contributed by atoms with van der Waals surface area (Å²) >= 11 is 0. The summed E-state index contributed by atoms with van der Waals surface area (Å²) in [5.41, 5.74) is 1.38. The third-order valence-corrected chi connectivity index (χ3v) is 6.30. The van der Waals surface area contributed by atoms with Crippen LogP contribution in [0.3, 0.4) is 0 Å². The number of aromatic nitrogens is 2. The van der Waals surface area contributed by atoms with Crippen LogP contribution in [0.5, 0.6) is 0 Å². The van der Waals surface area contributed by atoms with Gasteiger partial charge in [0.15, 0.2) is 0 Å². The lowest BCUT2D eigenvalue weighted by atomic mass is 9.87. The molecule has 0 unspecified atom stereocenters. The lowest BCUT2D eigenvalue weighted by molar-refractivity contribution is 1.31. The number of hydrogen-bond acceptors (Lipinski definition) is 6. The van der Waals surface area contributed by atoms with Crippen molar-refractivity contribution in [3.8, 4) is 24.3 Å². The van der Waals surface area contributed by atoms with Crippen molar-refractivity contribution in [2.45, 2.75) is 0 Å². The van der Waals surface area contributed by atoms with E-state index in [1.807, 2.05) is 54.6 Å². The Morgan fingerprint density at radius 3 is 1.68 bits per heavy atom. The van der Waals surface area contributed by atoms with Crippen LogP contribution in [0.25, 0.3) is 54.1 Å². The maximum atomic E-state index is 9.94. The molecule has 6 rings (SSSR count). The van der Waals surface area contributed by atoms with Crippen molar-refractivity contribution in [3.63, 3.8) is 0 Å². The number of hydrogen-bond donors (Lipinski definition) is 0. The summed E-state index contributed by atoms with van der Waals surface area (Å²) in [7, 11) is 0. The van der Waals surface area contributed by atoms with Crippen molar-refractivity contribution in [1.29, 1.82) is 21.0 Å². The second kappa shape index (κ2) is 6.98. The Kier molecular flexibility index (Phi) is 3.93. The van der Waals surface area contributed by atoms with Gasteiger partial charge in [0.2, 0.25) is 0 Å². The fourth-order valence-electron chi connectivity index (χ4n) is 4.88. The number of nitrogens with zero attached hydrogens (tertiary/aromatic N) is 6. The molecule has 6 nitrogen and oxygen atoms in total. The van der Waals surface area contributed by atoms with Crippen molar-refractivity contribution in [1.82, 2.24) is 9.97 Å². The van der Waals surface area contributed by atoms with E-state index in [2.05, 4.69) is 22.1 Å². The van der Waals surface area contributed by atoms with Crippen LogP contribution in [0.1, 0.15) is 22.3 Å². The second-order valence-corrected chi connectivity index (χ2v) is 7.85. The molecule has 6 aromatic rings. The first-order chi connectivity index (χ1) is 16.7. The van der Waals surface area contributed by atoms with Gasteiger partial charge in [-0.05, 0) is 33.7 Å². The van der Waals surface area contributed by atoms with Gasteiger partial charge in [-0.15, -0.1) is 0 Å². The van der Waals surface area contributed by atoms with Gasteiger partial charge in [0, 0.05) is 33.9 Å². The highest BCUT2D eigenvalue weighted by Crippen LogP contribution is 2.41. The molecule has 0 aliphatic carbocycles. The molecule has 0 radical (unpaired) electrons. The van der Waals surface area contributed by atoms with E-state index in [1.54, 1.807) is 18.5 Å². The van der Waals surface area contributed by atoms with Crippen molar-refractivity contribution in [2.24, 2.45) is 0 Å². The number of benzene rings is 5. The first-order valence-corrected chi connectivity index (χ1v) is 10.3. The van der Waals surface area contributed by atoms with E-state index in [1.165, 1.54) is 0 Å². The minimum Gasteiger partial charge on any atom is -0.252 e. The Morgan fingerprint density at radius 1 is 0.500 bits per heavy atom. The summed E-state index contributed by atoms with van der Waals surface area (Å²) in [5.74, 6) is 0. The zero-order valence-corrected chi connectivity index (χ0v) is 17.5. The van der Waals surface area contributed by atoms with Gasteiger partial charge in [0.05, 0.1) is 33.3 Å². The van der Waals surface area contributed by atoms with E-state index < -0.39 is 0 Å². The fourth-order valence-corrected chi connectivity index (χ4v) is 4.88. The normalized spacial score (nSPS) is 10.8. The Bertz CT molecular complexity index is 2060.